The van der Waals surface area contributed by atoms with E-state index in [1.807, 2.05) is 50.8 Å². The molecule has 0 aromatic heterocycles. The van der Waals surface area contributed by atoms with Crippen molar-refractivity contribution in [3.8, 4) is 0 Å². The summed E-state index contributed by atoms with van der Waals surface area (Å²) in [5, 5.41) is 2.31. The molecule has 2 fully saturated rings. The van der Waals surface area contributed by atoms with Crippen LogP contribution in [0.5, 0.6) is 0 Å². The third-order valence-electron chi connectivity index (χ3n) is 8.50. The maximum Gasteiger partial charge on any atom is 0.261 e. The highest BCUT2D eigenvalue weighted by atomic mass is 28.4. The lowest BCUT2D eigenvalue weighted by atomic mass is 9.70. The zero-order valence-corrected chi connectivity index (χ0v) is 25.9. The molecule has 0 bridgehead atoms. The summed E-state index contributed by atoms with van der Waals surface area (Å²) in [6, 6.07) is 31.3. The summed E-state index contributed by atoms with van der Waals surface area (Å²) in [7, 11) is -2.76. The summed E-state index contributed by atoms with van der Waals surface area (Å²) in [5.74, 6) is -0.640. The molecule has 40 heavy (non-hydrogen) atoms. The molecule has 2 aliphatic rings. The number of ether oxygens (including phenoxy) is 2. The highest BCUT2D eigenvalue weighted by Crippen LogP contribution is 2.47. The standard InChI is InChI=1S/C34H43NO4Si/c1-32(2,3)40(26-19-13-9-14-20-26,27-21-15-10-16-22-27)37-24-28-29(39-34(6,7)38-28)30-33(4,5)31(36)35(30)23-25-17-11-8-12-18-25/h8-22,28-30H,23-24H2,1-7H3/t28-,29-,30+/m1/s1. The van der Waals surface area contributed by atoms with Crippen molar-refractivity contribution >= 4 is 24.6 Å². The minimum Gasteiger partial charge on any atom is -0.405 e. The average molecular weight is 558 g/mol. The van der Waals surface area contributed by atoms with Crippen LogP contribution in [0.15, 0.2) is 91.0 Å². The first-order chi connectivity index (χ1) is 18.9. The SMILES string of the molecule is CC1(C)O[C@@H]([C@@H]2N(Cc3ccccc3)C(=O)C2(C)C)[C@@H](CO[Si](c2ccccc2)(c2ccccc2)C(C)(C)C)O1. The topological polar surface area (TPSA) is 48.0 Å². The van der Waals surface area contributed by atoms with Crippen molar-refractivity contribution in [1.82, 2.24) is 4.90 Å². The van der Waals surface area contributed by atoms with Crippen molar-refractivity contribution in [2.24, 2.45) is 5.41 Å². The van der Waals surface area contributed by atoms with Crippen LogP contribution in [0.3, 0.4) is 0 Å². The third-order valence-corrected chi connectivity index (χ3v) is 13.5. The molecule has 3 aromatic rings. The van der Waals surface area contributed by atoms with Gasteiger partial charge >= 0.3 is 0 Å². The van der Waals surface area contributed by atoms with Gasteiger partial charge in [0.1, 0.15) is 12.2 Å². The maximum absolute atomic E-state index is 13.3. The van der Waals surface area contributed by atoms with E-state index in [1.165, 1.54) is 10.4 Å². The minimum atomic E-state index is -2.76. The van der Waals surface area contributed by atoms with Gasteiger partial charge in [-0.2, -0.15) is 0 Å². The number of amides is 1. The molecule has 212 valence electrons. The molecule has 5 rings (SSSR count). The van der Waals surface area contributed by atoms with Crippen molar-refractivity contribution in [1.29, 1.82) is 0 Å². The Kier molecular flexibility index (Phi) is 7.59. The number of β-lactam (4-membered cyclic amide) rings is 1. The molecule has 2 aliphatic heterocycles. The predicted molar refractivity (Wildman–Crippen MR) is 162 cm³/mol. The van der Waals surface area contributed by atoms with E-state index in [-0.39, 0.29) is 29.2 Å². The molecule has 0 saturated carbocycles. The van der Waals surface area contributed by atoms with Gasteiger partial charge < -0.3 is 18.8 Å². The van der Waals surface area contributed by atoms with Gasteiger partial charge in [0.05, 0.1) is 18.1 Å². The highest BCUT2D eigenvalue weighted by Gasteiger charge is 2.62. The van der Waals surface area contributed by atoms with Gasteiger partial charge in [-0.05, 0) is 48.7 Å². The molecule has 0 unspecified atom stereocenters. The lowest BCUT2D eigenvalue weighted by molar-refractivity contribution is -0.193. The first kappa shape index (κ1) is 28.7. The number of carbonyl (C=O) groups is 1. The van der Waals surface area contributed by atoms with Crippen molar-refractivity contribution in [3.05, 3.63) is 96.6 Å². The van der Waals surface area contributed by atoms with Crippen LogP contribution in [0, 0.1) is 5.41 Å². The molecule has 0 radical (unpaired) electrons. The lowest BCUT2D eigenvalue weighted by Gasteiger charge is -2.55. The number of rotatable bonds is 8. The van der Waals surface area contributed by atoms with Gasteiger partial charge in [0.25, 0.3) is 8.32 Å². The molecular formula is C34H43NO4Si. The summed E-state index contributed by atoms with van der Waals surface area (Å²) in [6.07, 6.45) is -0.642. The van der Waals surface area contributed by atoms with Crippen LogP contribution in [0.4, 0.5) is 0 Å². The molecule has 3 aromatic carbocycles. The molecule has 6 heteroatoms. The number of carbonyl (C=O) groups excluding carboxylic acids is 1. The summed E-state index contributed by atoms with van der Waals surface area (Å²) in [5.41, 5.74) is 0.549. The molecule has 0 aliphatic carbocycles. The molecule has 3 atom stereocenters. The average Bonchev–Trinajstić information content (AvgIpc) is 3.22. The highest BCUT2D eigenvalue weighted by molar-refractivity contribution is 6.99. The van der Waals surface area contributed by atoms with Gasteiger partial charge in [0.2, 0.25) is 5.91 Å². The first-order valence-corrected chi connectivity index (χ1v) is 16.2. The van der Waals surface area contributed by atoms with Crippen molar-refractivity contribution < 1.29 is 18.7 Å². The van der Waals surface area contributed by atoms with E-state index >= 15 is 0 Å². The fourth-order valence-corrected chi connectivity index (χ4v) is 11.3. The van der Waals surface area contributed by atoms with E-state index in [1.54, 1.807) is 0 Å². The third kappa shape index (κ3) is 5.07. The van der Waals surface area contributed by atoms with Gasteiger partial charge in [-0.3, -0.25) is 4.79 Å². The van der Waals surface area contributed by atoms with Crippen LogP contribution < -0.4 is 10.4 Å². The largest absolute Gasteiger partial charge is 0.405 e. The Labute approximate surface area is 240 Å². The molecule has 0 N–H and O–H groups in total. The lowest BCUT2D eigenvalue weighted by Crippen LogP contribution is -2.72. The second-order valence-corrected chi connectivity index (χ2v) is 17.5. The maximum atomic E-state index is 13.3. The van der Waals surface area contributed by atoms with Crippen LogP contribution in [-0.4, -0.2) is 49.8 Å². The number of nitrogens with zero attached hydrogens (tertiary/aromatic N) is 1. The van der Waals surface area contributed by atoms with Gasteiger partial charge in [-0.25, -0.2) is 0 Å². The second-order valence-electron chi connectivity index (χ2n) is 13.2. The number of benzene rings is 3. The summed E-state index contributed by atoms with van der Waals surface area (Å²) in [4.78, 5) is 15.3. The van der Waals surface area contributed by atoms with Crippen molar-refractivity contribution in [2.75, 3.05) is 6.61 Å². The van der Waals surface area contributed by atoms with Crippen molar-refractivity contribution in [2.45, 2.75) is 84.1 Å². The van der Waals surface area contributed by atoms with Crippen LogP contribution >= 0.6 is 0 Å². The predicted octanol–water partition coefficient (Wildman–Crippen LogP) is 5.52. The number of likely N-dealkylation sites (tertiary alicyclic amines) is 1. The van der Waals surface area contributed by atoms with E-state index < -0.39 is 19.5 Å². The molecule has 2 saturated heterocycles. The van der Waals surface area contributed by atoms with E-state index in [9.17, 15) is 4.79 Å². The summed E-state index contributed by atoms with van der Waals surface area (Å²) in [6.45, 7) is 15.7. The van der Waals surface area contributed by atoms with Gasteiger partial charge in [0, 0.05) is 6.54 Å². The molecule has 2 heterocycles. The quantitative estimate of drug-likeness (QED) is 0.270. The number of hydrogen-bond donors (Lipinski definition) is 0. The Balaban J connectivity index is 1.49. The zero-order chi connectivity index (χ0) is 28.8. The Morgan fingerprint density at radius 1 is 0.800 bits per heavy atom. The smallest absolute Gasteiger partial charge is 0.261 e. The monoisotopic (exact) mass is 557 g/mol. The van der Waals surface area contributed by atoms with E-state index in [0.717, 1.165) is 5.56 Å². The number of hydrogen-bond acceptors (Lipinski definition) is 4. The zero-order valence-electron chi connectivity index (χ0n) is 24.9. The van der Waals surface area contributed by atoms with Gasteiger partial charge in [-0.1, -0.05) is 112 Å². The first-order valence-electron chi connectivity index (χ1n) is 14.3. The molecular weight excluding hydrogens is 514 g/mol. The second kappa shape index (κ2) is 10.6. The van der Waals surface area contributed by atoms with E-state index in [2.05, 4.69) is 93.6 Å². The van der Waals surface area contributed by atoms with Crippen LogP contribution in [-0.2, 0) is 25.2 Å². The summed E-state index contributed by atoms with van der Waals surface area (Å²) < 4.78 is 20.4. The van der Waals surface area contributed by atoms with Gasteiger partial charge in [-0.15, -0.1) is 0 Å². The summed E-state index contributed by atoms with van der Waals surface area (Å²) >= 11 is 0. The Hall–Kier alpha value is -2.77. The van der Waals surface area contributed by atoms with Crippen LogP contribution in [0.1, 0.15) is 54.0 Å². The molecule has 1 amide bonds. The Morgan fingerprint density at radius 3 is 1.80 bits per heavy atom. The molecule has 0 spiro atoms. The molecule has 5 nitrogen and oxygen atoms in total. The van der Waals surface area contributed by atoms with Crippen molar-refractivity contribution in [3.63, 3.8) is 0 Å². The fraction of sp³-hybridized carbons (Fsp3) is 0.441. The van der Waals surface area contributed by atoms with E-state index in [4.69, 9.17) is 13.9 Å². The van der Waals surface area contributed by atoms with Crippen LogP contribution in [0.2, 0.25) is 5.04 Å². The normalized spacial score (nSPS) is 24.1. The Morgan fingerprint density at radius 2 is 1.30 bits per heavy atom. The van der Waals surface area contributed by atoms with Crippen LogP contribution in [0.25, 0.3) is 0 Å². The van der Waals surface area contributed by atoms with Gasteiger partial charge in [0.15, 0.2) is 5.79 Å². The minimum absolute atomic E-state index is 0.130. The Bertz CT molecular complexity index is 1260. The fourth-order valence-electron chi connectivity index (χ4n) is 6.71. The van der Waals surface area contributed by atoms with E-state index in [0.29, 0.717) is 13.2 Å².